The van der Waals surface area contributed by atoms with Gasteiger partial charge in [0.25, 0.3) is 5.91 Å². The van der Waals surface area contributed by atoms with Crippen molar-refractivity contribution < 1.29 is 19.1 Å². The maximum absolute atomic E-state index is 11.9. The highest BCUT2D eigenvalue weighted by Crippen LogP contribution is 2.31. The number of hydrogen-bond donors (Lipinski definition) is 2. The monoisotopic (exact) mass is 458 g/mol. The molecule has 1 fully saturated rings. The molecule has 0 bridgehead atoms. The molecule has 4 aromatic rings. The van der Waals surface area contributed by atoms with E-state index in [1.165, 1.54) is 16.3 Å². The minimum Gasteiger partial charge on any atom is -0.487 e. The number of para-hydroxylation sites is 1. The minimum absolute atomic E-state index is 0.166. The lowest BCUT2D eigenvalue weighted by Gasteiger charge is -2.33. The van der Waals surface area contributed by atoms with E-state index in [0.717, 1.165) is 31.3 Å². The van der Waals surface area contributed by atoms with Crippen molar-refractivity contribution in [1.29, 1.82) is 0 Å². The molecule has 6 nitrogen and oxygen atoms in total. The van der Waals surface area contributed by atoms with Crippen molar-refractivity contribution >= 4 is 27.6 Å². The van der Waals surface area contributed by atoms with Crippen molar-refractivity contribution in [3.05, 3.63) is 78.1 Å². The molecule has 2 N–H and O–H groups in total. The predicted molar refractivity (Wildman–Crippen MR) is 133 cm³/mol. The van der Waals surface area contributed by atoms with Crippen LogP contribution < -0.4 is 10.1 Å². The van der Waals surface area contributed by atoms with Crippen LogP contribution in [-0.2, 0) is 0 Å². The highest BCUT2D eigenvalue weighted by molar-refractivity contribution is 5.97. The average Bonchev–Trinajstić information content (AvgIpc) is 3.32. The number of hydrogen-bond acceptors (Lipinski definition) is 5. The first kappa shape index (κ1) is 22.4. The van der Waals surface area contributed by atoms with Crippen molar-refractivity contribution in [2.45, 2.75) is 24.9 Å². The summed E-state index contributed by atoms with van der Waals surface area (Å²) in [6.45, 7) is 2.65. The van der Waals surface area contributed by atoms with Gasteiger partial charge in [0.1, 0.15) is 12.7 Å². The summed E-state index contributed by atoms with van der Waals surface area (Å²) in [4.78, 5) is 14.2. The number of β-amino-alcohol motifs (C(OH)–C–C–N with tert-alkyl or cyclic N) is 1. The zero-order chi connectivity index (χ0) is 23.5. The van der Waals surface area contributed by atoms with Gasteiger partial charge in [-0.05, 0) is 60.3 Å². The lowest BCUT2D eigenvalue weighted by molar-refractivity contribution is 0.0595. The molecule has 1 aromatic heterocycles. The molecular weight excluding hydrogens is 428 g/mol. The summed E-state index contributed by atoms with van der Waals surface area (Å²) in [5.41, 5.74) is 1.93. The molecule has 0 radical (unpaired) electrons. The van der Waals surface area contributed by atoms with Crippen molar-refractivity contribution in [1.82, 2.24) is 10.2 Å². The first-order valence-corrected chi connectivity index (χ1v) is 11.9. The summed E-state index contributed by atoms with van der Waals surface area (Å²) in [6.07, 6.45) is 1.56. The second kappa shape index (κ2) is 9.87. The summed E-state index contributed by atoms with van der Waals surface area (Å²) in [5, 5.41) is 16.5. The Hall–Kier alpha value is -3.35. The van der Waals surface area contributed by atoms with Gasteiger partial charge in [-0.15, -0.1) is 0 Å². The fourth-order valence-electron chi connectivity index (χ4n) is 4.83. The number of carbonyl (C=O) groups is 1. The summed E-state index contributed by atoms with van der Waals surface area (Å²) < 4.78 is 11.6. The Morgan fingerprint density at radius 1 is 1.06 bits per heavy atom. The molecule has 1 atom stereocenters. The van der Waals surface area contributed by atoms with Crippen LogP contribution in [0.4, 0.5) is 0 Å². The molecule has 1 amide bonds. The predicted octanol–water partition coefficient (Wildman–Crippen LogP) is 4.56. The Bertz CT molecular complexity index is 1290. The smallest absolute Gasteiger partial charge is 0.286 e. The van der Waals surface area contributed by atoms with Crippen molar-refractivity contribution in [2.24, 2.45) is 0 Å². The normalized spacial score (nSPS) is 16.1. The molecule has 0 unspecified atom stereocenters. The molecule has 0 aliphatic carbocycles. The molecule has 34 heavy (non-hydrogen) atoms. The number of nitrogens with zero attached hydrogens (tertiary/aromatic N) is 1. The van der Waals surface area contributed by atoms with E-state index in [1.54, 1.807) is 19.2 Å². The quantitative estimate of drug-likeness (QED) is 0.425. The van der Waals surface area contributed by atoms with Gasteiger partial charge in [0, 0.05) is 19.0 Å². The molecular formula is C28H30N2O4. The molecule has 3 aromatic carbocycles. The third-order valence-electron chi connectivity index (χ3n) is 6.69. The first-order valence-electron chi connectivity index (χ1n) is 11.9. The van der Waals surface area contributed by atoms with E-state index in [1.807, 2.05) is 12.1 Å². The minimum atomic E-state index is -0.610. The highest BCUT2D eigenvalue weighted by atomic mass is 16.5. The fraction of sp³-hybridized carbons (Fsp3) is 0.321. The Labute approximate surface area is 199 Å². The number of benzene rings is 3. The van der Waals surface area contributed by atoms with Gasteiger partial charge < -0.3 is 24.5 Å². The number of likely N-dealkylation sites (tertiary alicyclic amines) is 1. The average molecular weight is 459 g/mol. The van der Waals surface area contributed by atoms with Crippen molar-refractivity contribution in [2.75, 3.05) is 33.3 Å². The van der Waals surface area contributed by atoms with Crippen LogP contribution in [0.15, 0.2) is 71.1 Å². The van der Waals surface area contributed by atoms with Gasteiger partial charge in [0.2, 0.25) is 0 Å². The topological polar surface area (TPSA) is 74.9 Å². The summed E-state index contributed by atoms with van der Waals surface area (Å²) in [7, 11) is 1.56. The molecule has 1 aliphatic rings. The van der Waals surface area contributed by atoms with Gasteiger partial charge in [-0.1, -0.05) is 54.6 Å². The molecule has 5 rings (SSSR count). The van der Waals surface area contributed by atoms with Crippen molar-refractivity contribution in [3.63, 3.8) is 0 Å². The summed E-state index contributed by atoms with van der Waals surface area (Å²) in [6, 6.07) is 22.5. The van der Waals surface area contributed by atoms with Crippen molar-refractivity contribution in [3.8, 4) is 5.75 Å². The number of rotatable bonds is 7. The number of piperidine rings is 1. The van der Waals surface area contributed by atoms with Crippen LogP contribution in [0.3, 0.4) is 0 Å². The maximum atomic E-state index is 11.9. The second-order valence-corrected chi connectivity index (χ2v) is 9.01. The number of ether oxygens (including phenoxy) is 1. The Balaban J connectivity index is 1.14. The molecule has 0 saturated carbocycles. The van der Waals surface area contributed by atoms with E-state index >= 15 is 0 Å². The van der Waals surface area contributed by atoms with Gasteiger partial charge in [0.05, 0.1) is 0 Å². The molecule has 176 valence electrons. The summed E-state index contributed by atoms with van der Waals surface area (Å²) in [5.74, 6) is 1.04. The van der Waals surface area contributed by atoms with Gasteiger partial charge in [-0.25, -0.2) is 0 Å². The Morgan fingerprint density at radius 2 is 1.82 bits per heavy atom. The Kier molecular flexibility index (Phi) is 6.52. The molecule has 0 spiro atoms. The number of amides is 1. The second-order valence-electron chi connectivity index (χ2n) is 9.01. The fourth-order valence-corrected chi connectivity index (χ4v) is 4.83. The number of fused-ring (bicyclic) bond motifs is 2. The van der Waals surface area contributed by atoms with E-state index in [2.05, 4.69) is 52.7 Å². The number of nitrogens with one attached hydrogen (secondary N) is 1. The summed E-state index contributed by atoms with van der Waals surface area (Å²) >= 11 is 0. The van der Waals surface area contributed by atoms with Gasteiger partial charge in [0.15, 0.2) is 17.1 Å². The third-order valence-corrected chi connectivity index (χ3v) is 6.69. The molecule has 1 saturated heterocycles. The number of aliphatic hydroxyl groups is 1. The first-order chi connectivity index (χ1) is 16.6. The van der Waals surface area contributed by atoms with E-state index in [-0.39, 0.29) is 18.3 Å². The SMILES string of the molecule is CNC(=O)c1cc2cccc(OC[C@@H](O)CN3CCC(c4ccc5ccccc5c4)CC3)c2o1. The van der Waals surface area contributed by atoms with Gasteiger partial charge in [-0.2, -0.15) is 0 Å². The zero-order valence-corrected chi connectivity index (χ0v) is 19.4. The number of aliphatic hydroxyl groups excluding tert-OH is 1. The van der Waals surface area contributed by atoms with E-state index in [4.69, 9.17) is 9.15 Å². The largest absolute Gasteiger partial charge is 0.487 e. The van der Waals surface area contributed by atoms with E-state index < -0.39 is 6.10 Å². The van der Waals surface area contributed by atoms with Crippen LogP contribution in [0.1, 0.15) is 34.9 Å². The van der Waals surface area contributed by atoms with Gasteiger partial charge in [-0.3, -0.25) is 4.79 Å². The maximum Gasteiger partial charge on any atom is 0.286 e. The number of furan rings is 1. The standard InChI is InChI=1S/C28H30N2O4/c1-29-28(32)26-16-23-7-4-8-25(27(23)34-26)33-18-24(31)17-30-13-11-20(12-14-30)22-10-9-19-5-2-3-6-21(19)15-22/h2-10,15-16,20,24,31H,11-14,17-18H2,1H3,(H,29,32)/t24-/m0/s1. The van der Waals surface area contributed by atoms with Crippen LogP contribution in [0.5, 0.6) is 5.75 Å². The van der Waals surface area contributed by atoms with E-state index in [9.17, 15) is 9.90 Å². The molecule has 1 aliphatic heterocycles. The number of carbonyl (C=O) groups excluding carboxylic acids is 1. The third kappa shape index (κ3) is 4.79. The van der Waals surface area contributed by atoms with Crippen LogP contribution >= 0.6 is 0 Å². The molecule has 6 heteroatoms. The van der Waals surface area contributed by atoms with Crippen LogP contribution in [0.2, 0.25) is 0 Å². The lowest BCUT2D eigenvalue weighted by atomic mass is 9.88. The van der Waals surface area contributed by atoms with Crippen LogP contribution in [-0.4, -0.2) is 55.3 Å². The van der Waals surface area contributed by atoms with Gasteiger partial charge >= 0.3 is 0 Å². The van der Waals surface area contributed by atoms with Crippen LogP contribution in [0.25, 0.3) is 21.7 Å². The Morgan fingerprint density at radius 3 is 2.62 bits per heavy atom. The van der Waals surface area contributed by atoms with E-state index in [0.29, 0.717) is 23.8 Å². The molecule has 2 heterocycles. The zero-order valence-electron chi connectivity index (χ0n) is 19.4. The van der Waals surface area contributed by atoms with Crippen LogP contribution in [0, 0.1) is 0 Å². The highest BCUT2D eigenvalue weighted by Gasteiger charge is 2.23. The lowest BCUT2D eigenvalue weighted by Crippen LogP contribution is -2.40.